The molecule has 1 aliphatic carbocycles. The van der Waals surface area contributed by atoms with E-state index in [9.17, 15) is 4.79 Å². The molecule has 21 heavy (non-hydrogen) atoms. The zero-order chi connectivity index (χ0) is 14.7. The van der Waals surface area contributed by atoms with Crippen LogP contribution < -0.4 is 0 Å². The standard InChI is InChI=1S/C15H22N2O4/c1-19-15(18)12-4-2-10(3-5-12)13-16-17-14(21-13)11-6-8-20-9-7-11/h10-12H,2-9H2,1H3. The first-order chi connectivity index (χ1) is 10.3. The third-order valence-corrected chi connectivity index (χ3v) is 4.64. The van der Waals surface area contributed by atoms with E-state index in [2.05, 4.69) is 10.2 Å². The molecule has 0 aromatic carbocycles. The Hall–Kier alpha value is -1.43. The predicted octanol–water partition coefficient (Wildman–Crippen LogP) is 2.41. The van der Waals surface area contributed by atoms with E-state index in [1.807, 2.05) is 0 Å². The Bertz CT molecular complexity index is 474. The Morgan fingerprint density at radius 2 is 1.57 bits per heavy atom. The molecule has 0 unspecified atom stereocenters. The van der Waals surface area contributed by atoms with E-state index >= 15 is 0 Å². The second-order valence-corrected chi connectivity index (χ2v) is 5.94. The number of aromatic nitrogens is 2. The van der Waals surface area contributed by atoms with Crippen molar-refractivity contribution in [2.75, 3.05) is 20.3 Å². The molecule has 0 N–H and O–H groups in total. The fourth-order valence-electron chi connectivity index (χ4n) is 3.26. The van der Waals surface area contributed by atoms with Crippen LogP contribution >= 0.6 is 0 Å². The van der Waals surface area contributed by atoms with Gasteiger partial charge in [0.2, 0.25) is 11.8 Å². The molecule has 6 heteroatoms. The number of nitrogens with zero attached hydrogens (tertiary/aromatic N) is 2. The van der Waals surface area contributed by atoms with Gasteiger partial charge < -0.3 is 13.9 Å². The summed E-state index contributed by atoms with van der Waals surface area (Å²) in [5.41, 5.74) is 0. The lowest BCUT2D eigenvalue weighted by molar-refractivity contribution is -0.146. The summed E-state index contributed by atoms with van der Waals surface area (Å²) in [5.74, 6) is 2.05. The average Bonchev–Trinajstić information content (AvgIpc) is 3.05. The van der Waals surface area contributed by atoms with E-state index < -0.39 is 0 Å². The average molecular weight is 294 g/mol. The molecule has 0 amide bonds. The van der Waals surface area contributed by atoms with E-state index in [-0.39, 0.29) is 17.8 Å². The van der Waals surface area contributed by atoms with Gasteiger partial charge in [0.25, 0.3) is 0 Å². The number of rotatable bonds is 3. The van der Waals surface area contributed by atoms with Crippen LogP contribution in [0.2, 0.25) is 0 Å². The lowest BCUT2D eigenvalue weighted by Gasteiger charge is -2.24. The third-order valence-electron chi connectivity index (χ3n) is 4.64. The highest BCUT2D eigenvalue weighted by atomic mass is 16.5. The van der Waals surface area contributed by atoms with Crippen molar-refractivity contribution >= 4 is 5.97 Å². The van der Waals surface area contributed by atoms with E-state index in [0.29, 0.717) is 5.92 Å². The van der Waals surface area contributed by atoms with Gasteiger partial charge in [0, 0.05) is 25.0 Å². The molecule has 116 valence electrons. The summed E-state index contributed by atoms with van der Waals surface area (Å²) in [6.45, 7) is 1.54. The molecule has 1 saturated heterocycles. The molecule has 1 aromatic rings. The molecule has 1 saturated carbocycles. The van der Waals surface area contributed by atoms with Crippen LogP contribution in [0.25, 0.3) is 0 Å². The molecule has 0 atom stereocenters. The van der Waals surface area contributed by atoms with Crippen molar-refractivity contribution in [1.82, 2.24) is 10.2 Å². The highest BCUT2D eigenvalue weighted by Gasteiger charge is 2.31. The summed E-state index contributed by atoms with van der Waals surface area (Å²) in [6, 6.07) is 0. The smallest absolute Gasteiger partial charge is 0.308 e. The van der Waals surface area contributed by atoms with Gasteiger partial charge >= 0.3 is 5.97 Å². The van der Waals surface area contributed by atoms with Crippen molar-refractivity contribution in [2.45, 2.75) is 50.4 Å². The Kier molecular flexibility index (Phi) is 4.53. The van der Waals surface area contributed by atoms with Gasteiger partial charge in [0.15, 0.2) is 0 Å². The molecule has 1 aromatic heterocycles. The van der Waals surface area contributed by atoms with Crippen molar-refractivity contribution in [3.05, 3.63) is 11.8 Å². The monoisotopic (exact) mass is 294 g/mol. The Morgan fingerprint density at radius 3 is 2.14 bits per heavy atom. The van der Waals surface area contributed by atoms with Crippen molar-refractivity contribution in [3.8, 4) is 0 Å². The number of hydrogen-bond acceptors (Lipinski definition) is 6. The van der Waals surface area contributed by atoms with Crippen molar-refractivity contribution in [1.29, 1.82) is 0 Å². The zero-order valence-corrected chi connectivity index (χ0v) is 12.4. The maximum Gasteiger partial charge on any atom is 0.308 e. The minimum atomic E-state index is -0.0955. The first-order valence-corrected chi connectivity index (χ1v) is 7.76. The van der Waals surface area contributed by atoms with Crippen LogP contribution in [0.1, 0.15) is 62.1 Å². The van der Waals surface area contributed by atoms with E-state index in [0.717, 1.165) is 63.5 Å². The molecule has 0 radical (unpaired) electrons. The number of ether oxygens (including phenoxy) is 2. The largest absolute Gasteiger partial charge is 0.469 e. The molecular formula is C15H22N2O4. The molecule has 2 fully saturated rings. The second kappa shape index (κ2) is 6.56. The summed E-state index contributed by atoms with van der Waals surface area (Å²) < 4.78 is 16.1. The third kappa shape index (κ3) is 3.26. The predicted molar refractivity (Wildman–Crippen MR) is 73.8 cm³/mol. The number of esters is 1. The minimum absolute atomic E-state index is 0.0316. The normalized spacial score (nSPS) is 27.5. The topological polar surface area (TPSA) is 74.5 Å². The van der Waals surface area contributed by atoms with Gasteiger partial charge in [0.1, 0.15) is 0 Å². The number of hydrogen-bond donors (Lipinski definition) is 0. The highest BCUT2D eigenvalue weighted by Crippen LogP contribution is 2.36. The van der Waals surface area contributed by atoms with Gasteiger partial charge in [-0.2, -0.15) is 0 Å². The highest BCUT2D eigenvalue weighted by molar-refractivity contribution is 5.72. The number of carbonyl (C=O) groups is 1. The fourth-order valence-corrected chi connectivity index (χ4v) is 3.26. The fraction of sp³-hybridized carbons (Fsp3) is 0.800. The number of methoxy groups -OCH3 is 1. The first-order valence-electron chi connectivity index (χ1n) is 7.76. The Labute approximate surface area is 124 Å². The summed E-state index contributed by atoms with van der Waals surface area (Å²) >= 11 is 0. The SMILES string of the molecule is COC(=O)C1CCC(c2nnc(C3CCOCC3)o2)CC1. The van der Waals surface area contributed by atoms with Gasteiger partial charge in [-0.25, -0.2) is 0 Å². The van der Waals surface area contributed by atoms with E-state index in [1.54, 1.807) is 0 Å². The molecule has 2 aliphatic rings. The van der Waals surface area contributed by atoms with Gasteiger partial charge in [0.05, 0.1) is 13.0 Å². The molecule has 3 rings (SSSR count). The van der Waals surface area contributed by atoms with Gasteiger partial charge in [-0.05, 0) is 38.5 Å². The van der Waals surface area contributed by atoms with Crippen LogP contribution in [0.3, 0.4) is 0 Å². The van der Waals surface area contributed by atoms with Crippen LogP contribution in [0, 0.1) is 5.92 Å². The van der Waals surface area contributed by atoms with Gasteiger partial charge in [-0.3, -0.25) is 4.79 Å². The molecule has 0 bridgehead atoms. The van der Waals surface area contributed by atoms with Gasteiger partial charge in [-0.15, -0.1) is 10.2 Å². The first kappa shape index (κ1) is 14.5. The second-order valence-electron chi connectivity index (χ2n) is 5.94. The summed E-state index contributed by atoms with van der Waals surface area (Å²) in [5, 5.41) is 8.45. The molecule has 0 spiro atoms. The van der Waals surface area contributed by atoms with Crippen molar-refractivity contribution in [3.63, 3.8) is 0 Å². The maximum atomic E-state index is 11.5. The Balaban J connectivity index is 1.58. The molecule has 2 heterocycles. The van der Waals surface area contributed by atoms with Crippen LogP contribution in [-0.2, 0) is 14.3 Å². The summed E-state index contributed by atoms with van der Waals surface area (Å²) in [6.07, 6.45) is 5.41. The Morgan fingerprint density at radius 1 is 1.00 bits per heavy atom. The van der Waals surface area contributed by atoms with Crippen LogP contribution in [0.15, 0.2) is 4.42 Å². The zero-order valence-electron chi connectivity index (χ0n) is 12.4. The van der Waals surface area contributed by atoms with Crippen LogP contribution in [0.5, 0.6) is 0 Å². The van der Waals surface area contributed by atoms with E-state index in [4.69, 9.17) is 13.9 Å². The molecule has 6 nitrogen and oxygen atoms in total. The minimum Gasteiger partial charge on any atom is -0.469 e. The quantitative estimate of drug-likeness (QED) is 0.797. The van der Waals surface area contributed by atoms with Crippen LogP contribution in [-0.4, -0.2) is 36.5 Å². The van der Waals surface area contributed by atoms with E-state index in [1.165, 1.54) is 7.11 Å². The lowest BCUT2D eigenvalue weighted by atomic mass is 9.82. The lowest BCUT2D eigenvalue weighted by Crippen LogP contribution is -2.22. The summed E-state index contributed by atoms with van der Waals surface area (Å²) in [4.78, 5) is 11.5. The maximum absolute atomic E-state index is 11.5. The molecular weight excluding hydrogens is 272 g/mol. The van der Waals surface area contributed by atoms with Crippen molar-refractivity contribution < 1.29 is 18.7 Å². The number of carbonyl (C=O) groups excluding carboxylic acids is 1. The molecule has 1 aliphatic heterocycles. The van der Waals surface area contributed by atoms with Crippen molar-refractivity contribution in [2.24, 2.45) is 5.92 Å². The van der Waals surface area contributed by atoms with Gasteiger partial charge in [-0.1, -0.05) is 0 Å². The summed E-state index contributed by atoms with van der Waals surface area (Å²) in [7, 11) is 1.45. The van der Waals surface area contributed by atoms with Crippen LogP contribution in [0.4, 0.5) is 0 Å².